The third-order valence-electron chi connectivity index (χ3n) is 5.20. The second kappa shape index (κ2) is 8.47. The summed E-state index contributed by atoms with van der Waals surface area (Å²) < 4.78 is 24.2. The highest BCUT2D eigenvalue weighted by Gasteiger charge is 2.46. The van der Waals surface area contributed by atoms with Crippen molar-refractivity contribution in [3.05, 3.63) is 70.7 Å². The molecule has 148 valence electrons. The second-order valence-electron chi connectivity index (χ2n) is 7.28. The number of halogens is 1. The van der Waals surface area contributed by atoms with Crippen LogP contribution in [-0.2, 0) is 22.8 Å². The van der Waals surface area contributed by atoms with Gasteiger partial charge in [-0.25, -0.2) is 8.42 Å². The average molecular weight is 435 g/mol. The molecule has 4 nitrogen and oxygen atoms in total. The molecule has 2 heterocycles. The van der Waals surface area contributed by atoms with Crippen LogP contribution in [-0.4, -0.2) is 47.8 Å². The van der Waals surface area contributed by atoms with Crippen LogP contribution in [0, 0.1) is 0 Å². The van der Waals surface area contributed by atoms with Crippen LogP contribution in [0.3, 0.4) is 0 Å². The Morgan fingerprint density at radius 2 is 1.82 bits per heavy atom. The van der Waals surface area contributed by atoms with Gasteiger partial charge in [0.15, 0.2) is 15.0 Å². The summed E-state index contributed by atoms with van der Waals surface area (Å²) in [6, 6.07) is 18.0. The number of thioether (sulfide) groups is 1. The summed E-state index contributed by atoms with van der Waals surface area (Å²) in [5, 5.41) is 1.66. The first kappa shape index (κ1) is 19.8. The van der Waals surface area contributed by atoms with E-state index in [0.29, 0.717) is 11.6 Å². The topological polar surface area (TPSA) is 49.7 Å². The van der Waals surface area contributed by atoms with Crippen molar-refractivity contribution < 1.29 is 8.42 Å². The van der Waals surface area contributed by atoms with Gasteiger partial charge >= 0.3 is 0 Å². The number of sulfone groups is 1. The fraction of sp³-hybridized carbons (Fsp3) is 0.381. The lowest BCUT2D eigenvalue weighted by molar-refractivity contribution is 0.343. The Morgan fingerprint density at radius 1 is 1.07 bits per heavy atom. The minimum Gasteiger partial charge on any atom is -0.341 e. The highest BCUT2D eigenvalue weighted by Crippen LogP contribution is 2.33. The predicted molar refractivity (Wildman–Crippen MR) is 118 cm³/mol. The fourth-order valence-electron chi connectivity index (χ4n) is 3.79. The molecule has 0 N–H and O–H groups in total. The lowest BCUT2D eigenvalue weighted by Crippen LogP contribution is -2.38. The van der Waals surface area contributed by atoms with Gasteiger partial charge in [0, 0.05) is 17.3 Å². The summed E-state index contributed by atoms with van der Waals surface area (Å²) in [4.78, 5) is 6.94. The zero-order valence-electron chi connectivity index (χ0n) is 15.5. The molecule has 2 aromatic rings. The molecular formula is C21H23ClN2O2S2. The van der Waals surface area contributed by atoms with Gasteiger partial charge in [0.05, 0.1) is 23.6 Å². The number of aliphatic imine (C=N–C) groups is 1. The summed E-state index contributed by atoms with van der Waals surface area (Å²) in [5.74, 6) is 1.30. The number of fused-ring (bicyclic) bond motifs is 1. The first-order valence-electron chi connectivity index (χ1n) is 9.47. The maximum absolute atomic E-state index is 12.1. The van der Waals surface area contributed by atoms with E-state index in [-0.39, 0.29) is 23.6 Å². The Bertz CT molecular complexity index is 963. The van der Waals surface area contributed by atoms with Gasteiger partial charge in [-0.2, -0.15) is 0 Å². The molecule has 2 atom stereocenters. The number of aryl methyl sites for hydroxylation is 1. The fourth-order valence-corrected chi connectivity index (χ4v) is 6.91. The quantitative estimate of drug-likeness (QED) is 0.644. The monoisotopic (exact) mass is 434 g/mol. The van der Waals surface area contributed by atoms with E-state index in [0.717, 1.165) is 29.3 Å². The van der Waals surface area contributed by atoms with Crippen molar-refractivity contribution in [3.8, 4) is 0 Å². The molecule has 1 saturated heterocycles. The van der Waals surface area contributed by atoms with Crippen molar-refractivity contribution in [1.82, 2.24) is 4.90 Å². The van der Waals surface area contributed by atoms with Crippen LogP contribution in [0.1, 0.15) is 17.5 Å². The van der Waals surface area contributed by atoms with E-state index in [1.54, 1.807) is 11.8 Å². The molecule has 0 bridgehead atoms. The summed E-state index contributed by atoms with van der Waals surface area (Å²) in [5.41, 5.74) is 2.35. The van der Waals surface area contributed by atoms with Gasteiger partial charge in [0.25, 0.3) is 0 Å². The Morgan fingerprint density at radius 3 is 2.61 bits per heavy atom. The highest BCUT2D eigenvalue weighted by atomic mass is 35.5. The smallest absolute Gasteiger partial charge is 0.160 e. The maximum atomic E-state index is 12.1. The van der Waals surface area contributed by atoms with Crippen LogP contribution < -0.4 is 0 Å². The molecule has 0 aliphatic carbocycles. The molecule has 0 spiro atoms. The third kappa shape index (κ3) is 4.56. The predicted octanol–water partition coefficient (Wildman–Crippen LogP) is 4.04. The Kier molecular flexibility index (Phi) is 5.99. The van der Waals surface area contributed by atoms with Crippen molar-refractivity contribution in [2.45, 2.75) is 31.5 Å². The number of hydrogen-bond donors (Lipinski definition) is 0. The van der Waals surface area contributed by atoms with E-state index in [1.165, 1.54) is 5.56 Å². The molecule has 2 aromatic carbocycles. The van der Waals surface area contributed by atoms with Gasteiger partial charge in [-0.15, -0.1) is 0 Å². The Hall–Kier alpha value is -1.50. The lowest BCUT2D eigenvalue weighted by Gasteiger charge is -2.27. The molecule has 0 radical (unpaired) electrons. The maximum Gasteiger partial charge on any atom is 0.160 e. The largest absolute Gasteiger partial charge is 0.341 e. The second-order valence-corrected chi connectivity index (χ2v) is 10.9. The van der Waals surface area contributed by atoms with Gasteiger partial charge < -0.3 is 4.90 Å². The van der Waals surface area contributed by atoms with E-state index in [2.05, 4.69) is 29.2 Å². The van der Waals surface area contributed by atoms with E-state index in [9.17, 15) is 8.42 Å². The zero-order valence-corrected chi connectivity index (χ0v) is 17.9. The molecule has 0 amide bonds. The van der Waals surface area contributed by atoms with Crippen molar-refractivity contribution in [1.29, 1.82) is 0 Å². The summed E-state index contributed by atoms with van der Waals surface area (Å²) >= 11 is 8.08. The van der Waals surface area contributed by atoms with Crippen LogP contribution >= 0.6 is 23.4 Å². The molecule has 28 heavy (non-hydrogen) atoms. The number of amidine groups is 1. The normalized spacial score (nSPS) is 22.9. The van der Waals surface area contributed by atoms with E-state index >= 15 is 0 Å². The summed E-state index contributed by atoms with van der Waals surface area (Å²) in [6.45, 7) is 0.598. The van der Waals surface area contributed by atoms with Crippen LogP contribution in [0.25, 0.3) is 0 Å². The minimum absolute atomic E-state index is 0.0714. The Balaban J connectivity index is 1.43. The number of rotatable bonds is 6. The highest BCUT2D eigenvalue weighted by molar-refractivity contribution is 8.13. The zero-order chi connectivity index (χ0) is 19.6. The van der Waals surface area contributed by atoms with Gasteiger partial charge in [-0.3, -0.25) is 4.99 Å². The minimum atomic E-state index is -3.02. The molecule has 0 saturated carbocycles. The van der Waals surface area contributed by atoms with Gasteiger partial charge in [-0.05, 0) is 30.0 Å². The molecule has 1 fully saturated rings. The van der Waals surface area contributed by atoms with Gasteiger partial charge in [-0.1, -0.05) is 71.9 Å². The average Bonchev–Trinajstić information content (AvgIpc) is 3.13. The lowest BCUT2D eigenvalue weighted by atomic mass is 10.1. The van der Waals surface area contributed by atoms with Crippen LogP contribution in [0.4, 0.5) is 0 Å². The van der Waals surface area contributed by atoms with Crippen LogP contribution in [0.5, 0.6) is 0 Å². The SMILES string of the molecule is O=S1(=O)C[C@@H]2N=C(SCCCc3ccccc3)N(Cc3ccccc3Cl)[C@@H]2C1. The number of hydrogen-bond acceptors (Lipinski definition) is 5. The van der Waals surface area contributed by atoms with Crippen LogP contribution in [0.15, 0.2) is 59.6 Å². The number of benzene rings is 2. The summed E-state index contributed by atoms with van der Waals surface area (Å²) in [7, 11) is -3.02. The van der Waals surface area contributed by atoms with Gasteiger partial charge in [0.1, 0.15) is 0 Å². The van der Waals surface area contributed by atoms with Gasteiger partial charge in [0.2, 0.25) is 0 Å². The van der Waals surface area contributed by atoms with E-state index in [4.69, 9.17) is 16.6 Å². The Labute approximate surface area is 175 Å². The van der Waals surface area contributed by atoms with Crippen LogP contribution in [0.2, 0.25) is 5.02 Å². The van der Waals surface area contributed by atoms with Crippen molar-refractivity contribution in [3.63, 3.8) is 0 Å². The first-order valence-corrected chi connectivity index (χ1v) is 12.7. The van der Waals surface area contributed by atoms with Crippen molar-refractivity contribution >= 4 is 38.4 Å². The third-order valence-corrected chi connectivity index (χ3v) is 8.36. The molecule has 4 rings (SSSR count). The van der Waals surface area contributed by atoms with E-state index in [1.807, 2.05) is 30.3 Å². The van der Waals surface area contributed by atoms with Crippen molar-refractivity contribution in [2.75, 3.05) is 17.3 Å². The van der Waals surface area contributed by atoms with Crippen molar-refractivity contribution in [2.24, 2.45) is 4.99 Å². The molecule has 0 aromatic heterocycles. The molecule has 0 unspecified atom stereocenters. The molecule has 2 aliphatic rings. The number of nitrogens with zero attached hydrogens (tertiary/aromatic N) is 2. The van der Waals surface area contributed by atoms with E-state index < -0.39 is 9.84 Å². The summed E-state index contributed by atoms with van der Waals surface area (Å²) in [6.07, 6.45) is 2.09. The first-order chi connectivity index (χ1) is 13.5. The molecular weight excluding hydrogens is 412 g/mol. The molecule has 2 aliphatic heterocycles. The molecule has 7 heteroatoms. The standard InChI is InChI=1S/C21H23ClN2O2S2/c22-18-11-5-4-10-17(18)13-24-20-15-28(25,26)14-19(20)23-21(24)27-12-6-9-16-7-2-1-3-8-16/h1-5,7-8,10-11,19-20H,6,9,12-15H2/t19-,20+/m0/s1.